The van der Waals surface area contributed by atoms with Gasteiger partial charge in [0.1, 0.15) is 0 Å². The zero-order chi connectivity index (χ0) is 14.8. The molecule has 1 N–H and O–H groups in total. The summed E-state index contributed by atoms with van der Waals surface area (Å²) >= 11 is 0. The van der Waals surface area contributed by atoms with Gasteiger partial charge in [-0.1, -0.05) is 0 Å². The number of aromatic nitrogens is 3. The number of ether oxygens (including phenoxy) is 3. The maximum atomic E-state index is 5.11. The van der Waals surface area contributed by atoms with Gasteiger partial charge in [0.15, 0.2) is 0 Å². The Hall–Kier alpha value is -1.67. The van der Waals surface area contributed by atoms with Crippen molar-refractivity contribution >= 4 is 11.9 Å². The Kier molecular flexibility index (Phi) is 7.59. The summed E-state index contributed by atoms with van der Waals surface area (Å²) in [6.45, 7) is 5.19. The Morgan fingerprint density at radius 1 is 1.00 bits per heavy atom. The average molecular weight is 285 g/mol. The Balaban J connectivity index is 2.93. The minimum absolute atomic E-state index is 0.283. The standard InChI is InChI=1S/C12H23N5O3/c1-5-13-10-14-11(16-12(15-10)20-4)17(6-8-18-2)7-9-19-3/h5-9H2,1-4H3,(H,13,14,15,16). The van der Waals surface area contributed by atoms with Crippen LogP contribution in [-0.2, 0) is 9.47 Å². The largest absolute Gasteiger partial charge is 0.467 e. The first kappa shape index (κ1) is 16.4. The summed E-state index contributed by atoms with van der Waals surface area (Å²) in [5.41, 5.74) is 0. The first-order chi connectivity index (χ1) is 9.74. The average Bonchev–Trinajstić information content (AvgIpc) is 2.47. The number of hydrogen-bond donors (Lipinski definition) is 1. The van der Waals surface area contributed by atoms with Crippen LogP contribution in [0.3, 0.4) is 0 Å². The van der Waals surface area contributed by atoms with Crippen molar-refractivity contribution in [1.82, 2.24) is 15.0 Å². The van der Waals surface area contributed by atoms with Crippen molar-refractivity contribution in [3.8, 4) is 6.01 Å². The van der Waals surface area contributed by atoms with Gasteiger partial charge in [-0.3, -0.25) is 0 Å². The van der Waals surface area contributed by atoms with Gasteiger partial charge in [-0.2, -0.15) is 15.0 Å². The topological polar surface area (TPSA) is 81.6 Å². The minimum Gasteiger partial charge on any atom is -0.467 e. The van der Waals surface area contributed by atoms with Gasteiger partial charge in [0.05, 0.1) is 20.3 Å². The molecule has 0 saturated carbocycles. The van der Waals surface area contributed by atoms with Gasteiger partial charge in [-0.15, -0.1) is 0 Å². The van der Waals surface area contributed by atoms with E-state index in [4.69, 9.17) is 14.2 Å². The molecule has 1 rings (SSSR count). The fraction of sp³-hybridized carbons (Fsp3) is 0.750. The Morgan fingerprint density at radius 3 is 2.15 bits per heavy atom. The molecule has 0 aliphatic rings. The lowest BCUT2D eigenvalue weighted by molar-refractivity contribution is 0.189. The molecule has 0 radical (unpaired) electrons. The van der Waals surface area contributed by atoms with Crippen LogP contribution < -0.4 is 15.0 Å². The quantitative estimate of drug-likeness (QED) is 0.662. The van der Waals surface area contributed by atoms with Crippen LogP contribution in [0.4, 0.5) is 11.9 Å². The van der Waals surface area contributed by atoms with E-state index in [1.807, 2.05) is 11.8 Å². The van der Waals surface area contributed by atoms with E-state index in [2.05, 4.69) is 20.3 Å². The van der Waals surface area contributed by atoms with Gasteiger partial charge in [0.25, 0.3) is 0 Å². The molecule has 114 valence electrons. The van der Waals surface area contributed by atoms with Crippen molar-refractivity contribution in [2.24, 2.45) is 0 Å². The second-order valence-corrected chi connectivity index (χ2v) is 3.95. The Morgan fingerprint density at radius 2 is 1.65 bits per heavy atom. The molecule has 0 amide bonds. The van der Waals surface area contributed by atoms with Crippen molar-refractivity contribution in [3.63, 3.8) is 0 Å². The molecule has 0 spiro atoms. The molecule has 0 bridgehead atoms. The van der Waals surface area contributed by atoms with Crippen molar-refractivity contribution in [2.45, 2.75) is 6.92 Å². The third-order valence-corrected chi connectivity index (χ3v) is 2.53. The SMILES string of the molecule is CCNc1nc(OC)nc(N(CCOC)CCOC)n1. The lowest BCUT2D eigenvalue weighted by Gasteiger charge is -2.22. The smallest absolute Gasteiger partial charge is 0.322 e. The van der Waals surface area contributed by atoms with Gasteiger partial charge in [0.2, 0.25) is 11.9 Å². The van der Waals surface area contributed by atoms with Crippen LogP contribution in [0.15, 0.2) is 0 Å². The molecule has 1 aromatic heterocycles. The number of rotatable bonds is 10. The molecule has 1 heterocycles. The van der Waals surface area contributed by atoms with E-state index in [-0.39, 0.29) is 6.01 Å². The predicted molar refractivity (Wildman–Crippen MR) is 76.5 cm³/mol. The first-order valence-electron chi connectivity index (χ1n) is 6.51. The molecule has 0 fully saturated rings. The van der Waals surface area contributed by atoms with E-state index >= 15 is 0 Å². The number of nitrogens with zero attached hydrogens (tertiary/aromatic N) is 4. The van der Waals surface area contributed by atoms with Gasteiger partial charge in [-0.05, 0) is 6.92 Å². The number of anilines is 2. The lowest BCUT2D eigenvalue weighted by Crippen LogP contribution is -2.32. The van der Waals surface area contributed by atoms with Crippen LogP contribution in [0.1, 0.15) is 6.92 Å². The number of nitrogens with one attached hydrogen (secondary N) is 1. The second kappa shape index (κ2) is 9.27. The highest BCUT2D eigenvalue weighted by atomic mass is 16.5. The van der Waals surface area contributed by atoms with E-state index < -0.39 is 0 Å². The van der Waals surface area contributed by atoms with Crippen LogP contribution in [-0.4, -0.2) is 69.1 Å². The van der Waals surface area contributed by atoms with E-state index in [9.17, 15) is 0 Å². The molecule has 8 nitrogen and oxygen atoms in total. The van der Waals surface area contributed by atoms with Crippen molar-refractivity contribution in [1.29, 1.82) is 0 Å². The molecule has 0 atom stereocenters. The molecule has 1 aromatic rings. The molecule has 20 heavy (non-hydrogen) atoms. The summed E-state index contributed by atoms with van der Waals surface area (Å²) in [5.74, 6) is 1.04. The van der Waals surface area contributed by atoms with Crippen LogP contribution in [0.25, 0.3) is 0 Å². The summed E-state index contributed by atoms with van der Waals surface area (Å²) in [6, 6.07) is 0.283. The normalized spacial score (nSPS) is 10.4. The van der Waals surface area contributed by atoms with Crippen LogP contribution in [0.2, 0.25) is 0 Å². The highest BCUT2D eigenvalue weighted by Gasteiger charge is 2.13. The summed E-state index contributed by atoms with van der Waals surface area (Å²) < 4.78 is 15.3. The molecular formula is C12H23N5O3. The number of methoxy groups -OCH3 is 3. The molecule has 0 aromatic carbocycles. The maximum absolute atomic E-state index is 5.11. The Bertz CT molecular complexity index is 383. The molecule has 0 aliphatic carbocycles. The second-order valence-electron chi connectivity index (χ2n) is 3.95. The summed E-state index contributed by atoms with van der Waals surface area (Å²) in [6.07, 6.45) is 0. The predicted octanol–water partition coefficient (Wildman–Crippen LogP) is 0.411. The van der Waals surface area contributed by atoms with Gasteiger partial charge >= 0.3 is 6.01 Å². The Labute approximate surface area is 119 Å². The summed E-state index contributed by atoms with van der Waals surface area (Å²) in [7, 11) is 4.85. The zero-order valence-electron chi connectivity index (χ0n) is 12.5. The third-order valence-electron chi connectivity index (χ3n) is 2.53. The maximum Gasteiger partial charge on any atom is 0.322 e. The fourth-order valence-corrected chi connectivity index (χ4v) is 1.53. The van der Waals surface area contributed by atoms with Gasteiger partial charge < -0.3 is 24.4 Å². The van der Waals surface area contributed by atoms with Crippen LogP contribution >= 0.6 is 0 Å². The van der Waals surface area contributed by atoms with Crippen molar-refractivity contribution < 1.29 is 14.2 Å². The van der Waals surface area contributed by atoms with Gasteiger partial charge in [-0.25, -0.2) is 0 Å². The monoisotopic (exact) mass is 285 g/mol. The third kappa shape index (κ3) is 5.14. The van der Waals surface area contributed by atoms with Gasteiger partial charge in [0, 0.05) is 33.9 Å². The van der Waals surface area contributed by atoms with Crippen LogP contribution in [0, 0.1) is 0 Å². The summed E-state index contributed by atoms with van der Waals surface area (Å²) in [4.78, 5) is 14.8. The van der Waals surface area contributed by atoms with Crippen LogP contribution in [0.5, 0.6) is 6.01 Å². The number of hydrogen-bond acceptors (Lipinski definition) is 8. The first-order valence-corrected chi connectivity index (χ1v) is 6.51. The highest BCUT2D eigenvalue weighted by Crippen LogP contribution is 2.14. The fourth-order valence-electron chi connectivity index (χ4n) is 1.53. The van der Waals surface area contributed by atoms with E-state index in [1.54, 1.807) is 14.2 Å². The highest BCUT2D eigenvalue weighted by molar-refractivity contribution is 5.38. The van der Waals surface area contributed by atoms with Crippen molar-refractivity contribution in [2.75, 3.05) is 64.4 Å². The molecule has 8 heteroatoms. The zero-order valence-corrected chi connectivity index (χ0v) is 12.5. The summed E-state index contributed by atoms with van der Waals surface area (Å²) in [5, 5.41) is 3.06. The minimum atomic E-state index is 0.283. The molecule has 0 saturated heterocycles. The van der Waals surface area contributed by atoms with E-state index in [0.29, 0.717) is 38.2 Å². The lowest BCUT2D eigenvalue weighted by atomic mass is 10.5. The van der Waals surface area contributed by atoms with E-state index in [1.165, 1.54) is 7.11 Å². The van der Waals surface area contributed by atoms with E-state index in [0.717, 1.165) is 6.54 Å². The molecule has 0 aliphatic heterocycles. The molecule has 0 unspecified atom stereocenters. The molecular weight excluding hydrogens is 262 g/mol. The van der Waals surface area contributed by atoms with Crippen molar-refractivity contribution in [3.05, 3.63) is 0 Å².